The summed E-state index contributed by atoms with van der Waals surface area (Å²) in [5, 5.41) is 0. The molecule has 2 saturated heterocycles. The predicted octanol–water partition coefficient (Wildman–Crippen LogP) is 3.28. The molecular formula is C23H34N2O4. The number of carbonyl (C=O) groups excluding carboxylic acids is 2. The van der Waals surface area contributed by atoms with Crippen LogP contribution in [0.15, 0.2) is 18.2 Å². The minimum atomic E-state index is 0.0793. The molecule has 2 amide bonds. The second kappa shape index (κ2) is 10.5. The van der Waals surface area contributed by atoms with Crippen molar-refractivity contribution in [2.24, 2.45) is 5.92 Å². The van der Waals surface area contributed by atoms with Crippen molar-refractivity contribution in [3.8, 4) is 11.5 Å². The van der Waals surface area contributed by atoms with E-state index in [2.05, 4.69) is 4.90 Å². The summed E-state index contributed by atoms with van der Waals surface area (Å²) in [6.07, 6.45) is 7.32. The standard InChI is InChI=1S/C23H34N2O4/c1-28-20-8-9-21(29-2)19(17-20)7-10-22(26)24-15-11-18(12-16-24)23(27)25-13-5-3-4-6-14-25/h8-9,17-18H,3-7,10-16H2,1-2H3. The SMILES string of the molecule is COc1ccc(OC)c(CCC(=O)N2CCC(C(=O)N3CCCCCC3)CC2)c1. The number of aryl methyl sites for hydroxylation is 1. The van der Waals surface area contributed by atoms with Gasteiger partial charge in [-0.15, -0.1) is 0 Å². The zero-order valence-electron chi connectivity index (χ0n) is 17.8. The number of benzene rings is 1. The number of rotatable bonds is 6. The van der Waals surface area contributed by atoms with Gasteiger partial charge in [-0.05, 0) is 55.9 Å². The first-order valence-corrected chi connectivity index (χ1v) is 10.9. The summed E-state index contributed by atoms with van der Waals surface area (Å²) >= 11 is 0. The highest BCUT2D eigenvalue weighted by Gasteiger charge is 2.30. The molecule has 0 spiro atoms. The maximum absolute atomic E-state index is 12.8. The van der Waals surface area contributed by atoms with Crippen LogP contribution in [0.2, 0.25) is 0 Å². The number of nitrogens with zero attached hydrogens (tertiary/aromatic N) is 2. The normalized spacial score (nSPS) is 18.3. The van der Waals surface area contributed by atoms with E-state index in [0.717, 1.165) is 55.8 Å². The fourth-order valence-corrected chi connectivity index (χ4v) is 4.40. The fraction of sp³-hybridized carbons (Fsp3) is 0.652. The third-order valence-corrected chi connectivity index (χ3v) is 6.21. The van der Waals surface area contributed by atoms with Crippen LogP contribution in [-0.4, -0.2) is 62.0 Å². The molecule has 1 aromatic rings. The minimum absolute atomic E-state index is 0.0793. The van der Waals surface area contributed by atoms with Gasteiger partial charge in [0.2, 0.25) is 11.8 Å². The molecule has 2 fully saturated rings. The highest BCUT2D eigenvalue weighted by Crippen LogP contribution is 2.26. The first kappa shape index (κ1) is 21.5. The van der Waals surface area contributed by atoms with Gasteiger partial charge in [-0.2, -0.15) is 0 Å². The van der Waals surface area contributed by atoms with Crippen molar-refractivity contribution in [2.75, 3.05) is 40.4 Å². The molecule has 0 aromatic heterocycles. The Labute approximate surface area is 174 Å². The monoisotopic (exact) mass is 402 g/mol. The summed E-state index contributed by atoms with van der Waals surface area (Å²) < 4.78 is 10.7. The topological polar surface area (TPSA) is 59.1 Å². The lowest BCUT2D eigenvalue weighted by molar-refractivity contribution is -0.140. The van der Waals surface area contributed by atoms with Crippen LogP contribution in [-0.2, 0) is 16.0 Å². The highest BCUT2D eigenvalue weighted by atomic mass is 16.5. The molecule has 6 heteroatoms. The summed E-state index contributed by atoms with van der Waals surface area (Å²) in [6, 6.07) is 5.66. The number of amides is 2. The van der Waals surface area contributed by atoms with Crippen LogP contribution in [0, 0.1) is 5.92 Å². The average Bonchev–Trinajstić information content (AvgIpc) is 3.06. The Hall–Kier alpha value is -2.24. The summed E-state index contributed by atoms with van der Waals surface area (Å²) in [4.78, 5) is 29.5. The van der Waals surface area contributed by atoms with Crippen molar-refractivity contribution in [1.82, 2.24) is 9.80 Å². The molecule has 3 rings (SSSR count). The van der Waals surface area contributed by atoms with E-state index in [-0.39, 0.29) is 11.8 Å². The van der Waals surface area contributed by atoms with Gasteiger partial charge < -0.3 is 19.3 Å². The van der Waals surface area contributed by atoms with Gasteiger partial charge in [0.1, 0.15) is 11.5 Å². The van der Waals surface area contributed by atoms with E-state index in [4.69, 9.17) is 9.47 Å². The van der Waals surface area contributed by atoms with Crippen LogP contribution in [0.1, 0.15) is 50.5 Å². The van der Waals surface area contributed by atoms with Crippen LogP contribution < -0.4 is 9.47 Å². The molecule has 0 N–H and O–H groups in total. The summed E-state index contributed by atoms with van der Waals surface area (Å²) in [6.45, 7) is 3.16. The fourth-order valence-electron chi connectivity index (χ4n) is 4.40. The van der Waals surface area contributed by atoms with E-state index in [1.165, 1.54) is 12.8 Å². The van der Waals surface area contributed by atoms with Crippen LogP contribution in [0.25, 0.3) is 0 Å². The van der Waals surface area contributed by atoms with Crippen molar-refractivity contribution in [3.63, 3.8) is 0 Å². The number of hydrogen-bond donors (Lipinski definition) is 0. The van der Waals surface area contributed by atoms with Crippen molar-refractivity contribution in [2.45, 2.75) is 51.4 Å². The third kappa shape index (κ3) is 5.64. The Morgan fingerprint density at radius 2 is 1.62 bits per heavy atom. The molecule has 29 heavy (non-hydrogen) atoms. The molecule has 0 radical (unpaired) electrons. The zero-order valence-corrected chi connectivity index (χ0v) is 17.8. The van der Waals surface area contributed by atoms with Crippen LogP contribution in [0.4, 0.5) is 0 Å². The first-order chi connectivity index (χ1) is 14.1. The van der Waals surface area contributed by atoms with E-state index in [0.29, 0.717) is 31.8 Å². The number of likely N-dealkylation sites (tertiary alicyclic amines) is 2. The molecule has 160 valence electrons. The number of methoxy groups -OCH3 is 2. The van der Waals surface area contributed by atoms with Crippen LogP contribution in [0.3, 0.4) is 0 Å². The van der Waals surface area contributed by atoms with Gasteiger partial charge >= 0.3 is 0 Å². The van der Waals surface area contributed by atoms with E-state index in [1.54, 1.807) is 14.2 Å². The van der Waals surface area contributed by atoms with Crippen molar-refractivity contribution in [3.05, 3.63) is 23.8 Å². The molecule has 2 heterocycles. The largest absolute Gasteiger partial charge is 0.497 e. The van der Waals surface area contributed by atoms with E-state index in [9.17, 15) is 9.59 Å². The summed E-state index contributed by atoms with van der Waals surface area (Å²) in [5.41, 5.74) is 0.978. The molecule has 6 nitrogen and oxygen atoms in total. The Kier molecular flexibility index (Phi) is 7.78. The zero-order chi connectivity index (χ0) is 20.6. The van der Waals surface area contributed by atoms with E-state index < -0.39 is 0 Å². The Bertz CT molecular complexity index is 690. The molecule has 1 aromatic carbocycles. The van der Waals surface area contributed by atoms with Gasteiger partial charge in [0.25, 0.3) is 0 Å². The maximum atomic E-state index is 12.8. The maximum Gasteiger partial charge on any atom is 0.225 e. The summed E-state index contributed by atoms with van der Waals surface area (Å²) in [5.74, 6) is 2.08. The lowest BCUT2D eigenvalue weighted by atomic mass is 9.94. The molecule has 0 aliphatic carbocycles. The Morgan fingerprint density at radius 1 is 0.931 bits per heavy atom. The van der Waals surface area contributed by atoms with Gasteiger partial charge in [0, 0.05) is 38.5 Å². The van der Waals surface area contributed by atoms with Gasteiger partial charge in [-0.1, -0.05) is 12.8 Å². The first-order valence-electron chi connectivity index (χ1n) is 10.9. The second-order valence-corrected chi connectivity index (χ2v) is 8.07. The Balaban J connectivity index is 1.48. The molecule has 2 aliphatic rings. The van der Waals surface area contributed by atoms with Gasteiger partial charge in [-0.3, -0.25) is 9.59 Å². The number of carbonyl (C=O) groups is 2. The predicted molar refractivity (Wildman–Crippen MR) is 112 cm³/mol. The van der Waals surface area contributed by atoms with Crippen LogP contribution in [0.5, 0.6) is 11.5 Å². The van der Waals surface area contributed by atoms with Gasteiger partial charge in [-0.25, -0.2) is 0 Å². The van der Waals surface area contributed by atoms with Crippen molar-refractivity contribution >= 4 is 11.8 Å². The number of ether oxygens (including phenoxy) is 2. The van der Waals surface area contributed by atoms with E-state index >= 15 is 0 Å². The molecule has 0 atom stereocenters. The minimum Gasteiger partial charge on any atom is -0.497 e. The molecular weight excluding hydrogens is 368 g/mol. The highest BCUT2D eigenvalue weighted by molar-refractivity contribution is 5.80. The number of piperidine rings is 1. The van der Waals surface area contributed by atoms with Crippen molar-refractivity contribution in [1.29, 1.82) is 0 Å². The lowest BCUT2D eigenvalue weighted by Crippen LogP contribution is -2.44. The molecule has 0 unspecified atom stereocenters. The molecule has 2 aliphatic heterocycles. The quantitative estimate of drug-likeness (QED) is 0.733. The molecule has 0 bridgehead atoms. The summed E-state index contributed by atoms with van der Waals surface area (Å²) in [7, 11) is 3.27. The van der Waals surface area contributed by atoms with Crippen molar-refractivity contribution < 1.29 is 19.1 Å². The van der Waals surface area contributed by atoms with Gasteiger partial charge in [0.05, 0.1) is 14.2 Å². The van der Waals surface area contributed by atoms with Crippen LogP contribution >= 0.6 is 0 Å². The Morgan fingerprint density at radius 3 is 2.24 bits per heavy atom. The van der Waals surface area contributed by atoms with Gasteiger partial charge in [0.15, 0.2) is 0 Å². The number of hydrogen-bond acceptors (Lipinski definition) is 4. The lowest BCUT2D eigenvalue weighted by Gasteiger charge is -2.34. The second-order valence-electron chi connectivity index (χ2n) is 8.07. The third-order valence-electron chi connectivity index (χ3n) is 6.21. The average molecular weight is 403 g/mol. The van der Waals surface area contributed by atoms with E-state index in [1.807, 2.05) is 23.1 Å². The smallest absolute Gasteiger partial charge is 0.225 e. The molecule has 0 saturated carbocycles.